The highest BCUT2D eigenvalue weighted by atomic mass is 32.2. The van der Waals surface area contributed by atoms with Gasteiger partial charge in [-0.25, -0.2) is 5.14 Å². The van der Waals surface area contributed by atoms with E-state index < -0.39 is 20.6 Å². The highest BCUT2D eigenvalue weighted by Crippen LogP contribution is 2.69. The molecule has 5 atom stereocenters. The van der Waals surface area contributed by atoms with Gasteiger partial charge in [-0.1, -0.05) is 19.9 Å². The molecule has 1 aromatic rings. The molecule has 162 valence electrons. The zero-order valence-corrected chi connectivity index (χ0v) is 18.3. The van der Waals surface area contributed by atoms with Gasteiger partial charge in [0.2, 0.25) is 0 Å². The first-order valence-corrected chi connectivity index (χ1v) is 12.8. The van der Waals surface area contributed by atoms with Gasteiger partial charge in [0.1, 0.15) is 5.75 Å². The Morgan fingerprint density at radius 3 is 2.34 bits per heavy atom. The minimum Gasteiger partial charge on any atom is -0.371 e. The van der Waals surface area contributed by atoms with Crippen LogP contribution in [0.1, 0.15) is 63.0 Å². The van der Waals surface area contributed by atoms with Crippen molar-refractivity contribution in [1.29, 1.82) is 0 Å². The quantitative estimate of drug-likeness (QED) is 0.729. The van der Waals surface area contributed by atoms with Crippen molar-refractivity contribution in [3.05, 3.63) is 29.3 Å². The monoisotopic (exact) mass is 444 g/mol. The minimum atomic E-state index is -4.06. The van der Waals surface area contributed by atoms with E-state index in [9.17, 15) is 16.8 Å². The predicted molar refractivity (Wildman–Crippen MR) is 107 cm³/mol. The van der Waals surface area contributed by atoms with E-state index in [0.717, 1.165) is 37.7 Å². The van der Waals surface area contributed by atoms with Crippen LogP contribution < -0.4 is 14.5 Å². The second kappa shape index (κ2) is 6.65. The van der Waals surface area contributed by atoms with Gasteiger partial charge in [0.05, 0.1) is 6.10 Å². The Morgan fingerprint density at radius 2 is 1.69 bits per heavy atom. The molecule has 0 spiro atoms. The van der Waals surface area contributed by atoms with Crippen LogP contribution in [0.4, 0.5) is 0 Å². The van der Waals surface area contributed by atoms with Crippen LogP contribution in [0.15, 0.2) is 18.2 Å². The normalized spacial score (nSPS) is 36.8. The summed E-state index contributed by atoms with van der Waals surface area (Å²) in [4.78, 5) is 0. The van der Waals surface area contributed by atoms with E-state index in [1.165, 1.54) is 5.56 Å². The summed E-state index contributed by atoms with van der Waals surface area (Å²) < 4.78 is 55.6. The number of hydrogen-bond acceptors (Lipinski definition) is 6. The molecule has 0 saturated heterocycles. The van der Waals surface area contributed by atoms with Crippen molar-refractivity contribution < 1.29 is 25.2 Å². The lowest BCUT2D eigenvalue weighted by Gasteiger charge is -2.59. The van der Waals surface area contributed by atoms with Crippen LogP contribution in [0.5, 0.6) is 5.75 Å². The van der Waals surface area contributed by atoms with E-state index in [4.69, 9.17) is 18.6 Å². The molecule has 0 aliphatic heterocycles. The van der Waals surface area contributed by atoms with E-state index in [-0.39, 0.29) is 28.6 Å². The number of hydrogen-bond donors (Lipinski definition) is 2. The average molecular weight is 445 g/mol. The number of nitrogens with two attached hydrogens (primary N) is 2. The van der Waals surface area contributed by atoms with Gasteiger partial charge >= 0.3 is 20.6 Å². The summed E-state index contributed by atoms with van der Waals surface area (Å²) in [5, 5.41) is 10.1. The largest absolute Gasteiger partial charge is 0.380 e. The fourth-order valence-corrected chi connectivity index (χ4v) is 7.43. The van der Waals surface area contributed by atoms with Crippen molar-refractivity contribution in [3.8, 4) is 5.75 Å². The Bertz CT molecular complexity index is 1040. The first-order valence-electron chi connectivity index (χ1n) is 9.88. The lowest BCUT2D eigenvalue weighted by molar-refractivity contribution is -0.0686. The van der Waals surface area contributed by atoms with Gasteiger partial charge in [-0.15, -0.1) is 0 Å². The molecule has 3 aliphatic rings. The SMILES string of the molecule is C[C@]12CCc3cc(OS(N)(=O)=O)ccc3C1CC[C@@H]1[C@@H](OS(N)(=O)=O)CC[C@@]12C. The third-order valence-electron chi connectivity index (χ3n) is 7.93. The second-order valence-electron chi connectivity index (χ2n) is 9.17. The van der Waals surface area contributed by atoms with Gasteiger partial charge < -0.3 is 4.18 Å². The maximum atomic E-state index is 11.5. The molecule has 8 nitrogen and oxygen atoms in total. The summed E-state index contributed by atoms with van der Waals surface area (Å²) in [5.41, 5.74) is 2.24. The summed E-state index contributed by atoms with van der Waals surface area (Å²) in [7, 11) is -8.03. The summed E-state index contributed by atoms with van der Waals surface area (Å²) in [5.74, 6) is 0.690. The zero-order valence-electron chi connectivity index (χ0n) is 16.6. The Labute approximate surface area is 172 Å². The van der Waals surface area contributed by atoms with Crippen LogP contribution in [-0.2, 0) is 31.2 Å². The average Bonchev–Trinajstić information content (AvgIpc) is 2.89. The van der Waals surface area contributed by atoms with Crippen molar-refractivity contribution in [2.45, 2.75) is 64.4 Å². The Hall–Kier alpha value is -1.20. The van der Waals surface area contributed by atoms with Crippen LogP contribution >= 0.6 is 0 Å². The molecule has 2 saturated carbocycles. The predicted octanol–water partition coefficient (Wildman–Crippen LogP) is 2.10. The van der Waals surface area contributed by atoms with E-state index in [1.54, 1.807) is 12.1 Å². The summed E-state index contributed by atoms with van der Waals surface area (Å²) in [6.45, 7) is 4.57. The Morgan fingerprint density at radius 1 is 0.966 bits per heavy atom. The maximum absolute atomic E-state index is 11.5. The Balaban J connectivity index is 1.66. The molecule has 2 fully saturated rings. The molecule has 3 aliphatic carbocycles. The minimum absolute atomic E-state index is 0.0122. The summed E-state index contributed by atoms with van der Waals surface area (Å²) in [6, 6.07) is 5.38. The fourth-order valence-electron chi connectivity index (χ4n) is 6.48. The molecule has 4 N–H and O–H groups in total. The van der Waals surface area contributed by atoms with Crippen LogP contribution in [-0.4, -0.2) is 22.9 Å². The molecule has 0 aromatic heterocycles. The van der Waals surface area contributed by atoms with Gasteiger partial charge in [-0.05, 0) is 84.5 Å². The van der Waals surface area contributed by atoms with Gasteiger partial charge in [0.25, 0.3) is 0 Å². The van der Waals surface area contributed by atoms with Crippen molar-refractivity contribution >= 4 is 20.6 Å². The molecule has 1 unspecified atom stereocenters. The molecule has 29 heavy (non-hydrogen) atoms. The van der Waals surface area contributed by atoms with E-state index in [1.807, 2.05) is 6.07 Å². The lowest BCUT2D eigenvalue weighted by atomic mass is 9.45. The third kappa shape index (κ3) is 3.59. The van der Waals surface area contributed by atoms with Crippen LogP contribution in [0, 0.1) is 16.7 Å². The molecular formula is C19H28N2O6S2. The zero-order chi connectivity index (χ0) is 21.2. The van der Waals surface area contributed by atoms with Gasteiger partial charge in [0, 0.05) is 0 Å². The molecule has 10 heteroatoms. The number of rotatable bonds is 4. The van der Waals surface area contributed by atoms with Crippen molar-refractivity contribution in [2.24, 2.45) is 27.0 Å². The smallest absolute Gasteiger partial charge is 0.371 e. The third-order valence-corrected chi connectivity index (χ3v) is 8.87. The van der Waals surface area contributed by atoms with Crippen molar-refractivity contribution in [2.75, 3.05) is 0 Å². The second-order valence-corrected chi connectivity index (χ2v) is 11.5. The highest BCUT2D eigenvalue weighted by Gasteiger charge is 2.62. The topological polar surface area (TPSA) is 139 Å². The van der Waals surface area contributed by atoms with Gasteiger partial charge in [-0.3, -0.25) is 4.18 Å². The van der Waals surface area contributed by atoms with Crippen LogP contribution in [0.3, 0.4) is 0 Å². The number of aryl methyl sites for hydroxylation is 1. The van der Waals surface area contributed by atoms with Crippen LogP contribution in [0.2, 0.25) is 0 Å². The number of benzene rings is 1. The lowest BCUT2D eigenvalue weighted by Crippen LogP contribution is -2.52. The van der Waals surface area contributed by atoms with E-state index in [2.05, 4.69) is 13.8 Å². The standard InChI is InChI=1S/C19H28N2O6S2/c1-18-9-7-12-11-13(26-28(20,22)23)3-4-14(12)15(18)5-6-16-17(27-29(21,24)25)8-10-19(16,18)2/h3-4,11,15-17H,5-10H2,1-2H3,(H2,20,22,23)(H2,21,24,25)/t15?,16-,17+,18+,19+/m1/s1. The molecule has 0 radical (unpaired) electrons. The molecule has 0 heterocycles. The van der Waals surface area contributed by atoms with Crippen LogP contribution in [0.25, 0.3) is 0 Å². The molecule has 0 bridgehead atoms. The fraction of sp³-hybridized carbons (Fsp3) is 0.684. The van der Waals surface area contributed by atoms with Crippen molar-refractivity contribution in [3.63, 3.8) is 0 Å². The van der Waals surface area contributed by atoms with Crippen molar-refractivity contribution in [1.82, 2.24) is 0 Å². The summed E-state index contributed by atoms with van der Waals surface area (Å²) >= 11 is 0. The number of fused-ring (bicyclic) bond motifs is 5. The highest BCUT2D eigenvalue weighted by molar-refractivity contribution is 7.84. The molecular weight excluding hydrogens is 416 g/mol. The molecule has 0 amide bonds. The van der Waals surface area contributed by atoms with Gasteiger partial charge in [-0.2, -0.15) is 22.0 Å². The molecule has 1 aromatic carbocycles. The van der Waals surface area contributed by atoms with Gasteiger partial charge in [0.15, 0.2) is 0 Å². The maximum Gasteiger partial charge on any atom is 0.380 e. The first-order chi connectivity index (χ1) is 13.3. The first kappa shape index (κ1) is 21.0. The molecule has 4 rings (SSSR count). The van der Waals surface area contributed by atoms with E-state index in [0.29, 0.717) is 12.3 Å². The summed E-state index contributed by atoms with van der Waals surface area (Å²) in [6.07, 6.45) is 4.74. The van der Waals surface area contributed by atoms with E-state index >= 15 is 0 Å². The Kier molecular flexibility index (Phi) is 4.83.